The van der Waals surface area contributed by atoms with Gasteiger partial charge >= 0.3 is 0 Å². The van der Waals surface area contributed by atoms with E-state index in [1.807, 2.05) is 12.1 Å². The number of benzene rings is 1. The Labute approximate surface area is 127 Å². The van der Waals surface area contributed by atoms with Gasteiger partial charge in [-0.05, 0) is 12.1 Å². The van der Waals surface area contributed by atoms with Crippen LogP contribution in [0, 0.1) is 0 Å². The number of thioether (sulfide) groups is 1. The van der Waals surface area contributed by atoms with Crippen LogP contribution in [-0.2, 0) is 21.8 Å². The summed E-state index contributed by atoms with van der Waals surface area (Å²) < 4.78 is 15.7. The Bertz CT molecular complexity index is 497. The molecule has 1 heterocycles. The predicted molar refractivity (Wildman–Crippen MR) is 81.4 cm³/mol. The maximum atomic E-state index is 6.10. The van der Waals surface area contributed by atoms with E-state index in [4.69, 9.17) is 31.5 Å². The molecule has 0 aromatic heterocycles. The van der Waals surface area contributed by atoms with Crippen LogP contribution in [0.3, 0.4) is 0 Å². The number of amidine groups is 1. The number of rotatable bonds is 5. The zero-order chi connectivity index (χ0) is 14.4. The van der Waals surface area contributed by atoms with Gasteiger partial charge in [0.15, 0.2) is 12.0 Å². The van der Waals surface area contributed by atoms with E-state index < -0.39 is 0 Å². The average molecular weight is 317 g/mol. The van der Waals surface area contributed by atoms with E-state index in [0.717, 1.165) is 16.9 Å². The lowest BCUT2D eigenvalue weighted by molar-refractivity contribution is -0.0168. The van der Waals surface area contributed by atoms with Crippen LogP contribution < -0.4 is 10.5 Å². The molecule has 110 valence electrons. The summed E-state index contributed by atoms with van der Waals surface area (Å²) in [6.07, 6.45) is 0. The van der Waals surface area contributed by atoms with Gasteiger partial charge in [-0.25, -0.2) is 0 Å². The number of nitrogens with two attached hydrogens (primary N) is 1. The highest BCUT2D eigenvalue weighted by atomic mass is 35.5. The van der Waals surface area contributed by atoms with Crippen molar-refractivity contribution >= 4 is 28.5 Å². The third-order valence-corrected chi connectivity index (χ3v) is 3.79. The molecule has 0 bridgehead atoms. The van der Waals surface area contributed by atoms with E-state index in [9.17, 15) is 0 Å². The third kappa shape index (κ3) is 4.28. The third-order valence-electron chi connectivity index (χ3n) is 2.69. The lowest BCUT2D eigenvalue weighted by Gasteiger charge is -2.20. The standard InChI is InChI=1S/C13H17ClN2O3S/c1-17-3-2-16-13(15)20-7-10-5-11(14)4-9-6-18-8-19-12(9)10/h4-5H,2-3,6-8H2,1H3,(H2,15,16). The summed E-state index contributed by atoms with van der Waals surface area (Å²) in [5.41, 5.74) is 7.81. The molecule has 0 saturated carbocycles. The zero-order valence-corrected chi connectivity index (χ0v) is 12.8. The Hall–Kier alpha value is -0.950. The van der Waals surface area contributed by atoms with Gasteiger partial charge in [0, 0.05) is 29.0 Å². The van der Waals surface area contributed by atoms with Crippen molar-refractivity contribution in [1.29, 1.82) is 0 Å². The van der Waals surface area contributed by atoms with Crippen molar-refractivity contribution in [3.05, 3.63) is 28.3 Å². The summed E-state index contributed by atoms with van der Waals surface area (Å²) in [6.45, 7) is 1.91. The monoisotopic (exact) mass is 316 g/mol. The Morgan fingerprint density at radius 1 is 1.55 bits per heavy atom. The molecule has 7 heteroatoms. The van der Waals surface area contributed by atoms with Gasteiger partial charge < -0.3 is 19.9 Å². The molecule has 1 aromatic carbocycles. The quantitative estimate of drug-likeness (QED) is 0.513. The molecule has 0 radical (unpaired) electrons. The minimum atomic E-state index is 0.268. The second-order valence-electron chi connectivity index (χ2n) is 4.17. The Kier molecular flexibility index (Phi) is 5.97. The molecule has 1 aliphatic rings. The van der Waals surface area contributed by atoms with Gasteiger partial charge in [-0.1, -0.05) is 23.4 Å². The van der Waals surface area contributed by atoms with Gasteiger partial charge in [-0.15, -0.1) is 0 Å². The van der Waals surface area contributed by atoms with Crippen molar-refractivity contribution in [3.8, 4) is 5.75 Å². The van der Waals surface area contributed by atoms with Crippen molar-refractivity contribution < 1.29 is 14.2 Å². The van der Waals surface area contributed by atoms with Gasteiger partial charge in [-0.2, -0.15) is 0 Å². The molecular weight excluding hydrogens is 300 g/mol. The van der Waals surface area contributed by atoms with Crippen molar-refractivity contribution in [2.45, 2.75) is 12.4 Å². The molecule has 0 atom stereocenters. The molecule has 0 aliphatic carbocycles. The normalized spacial score (nSPS) is 14.8. The first-order valence-electron chi connectivity index (χ1n) is 6.14. The van der Waals surface area contributed by atoms with Crippen LogP contribution in [0.5, 0.6) is 5.75 Å². The van der Waals surface area contributed by atoms with Crippen molar-refractivity contribution in [3.63, 3.8) is 0 Å². The highest BCUT2D eigenvalue weighted by molar-refractivity contribution is 8.13. The minimum absolute atomic E-state index is 0.268. The highest BCUT2D eigenvalue weighted by Gasteiger charge is 2.16. The summed E-state index contributed by atoms with van der Waals surface area (Å²) in [7, 11) is 1.64. The van der Waals surface area contributed by atoms with E-state index in [1.54, 1.807) is 7.11 Å². The summed E-state index contributed by atoms with van der Waals surface area (Å²) in [4.78, 5) is 4.20. The van der Waals surface area contributed by atoms with Gasteiger partial charge in [0.1, 0.15) is 5.75 Å². The van der Waals surface area contributed by atoms with Crippen LogP contribution in [0.15, 0.2) is 17.1 Å². The minimum Gasteiger partial charge on any atom is -0.467 e. The molecule has 0 fully saturated rings. The maximum absolute atomic E-state index is 6.10. The van der Waals surface area contributed by atoms with Gasteiger partial charge in [-0.3, -0.25) is 4.99 Å². The molecule has 1 aromatic rings. The molecule has 1 aliphatic heterocycles. The van der Waals surface area contributed by atoms with Crippen molar-refractivity contribution in [1.82, 2.24) is 0 Å². The van der Waals surface area contributed by atoms with Gasteiger partial charge in [0.2, 0.25) is 0 Å². The van der Waals surface area contributed by atoms with Crippen LogP contribution in [0.2, 0.25) is 5.02 Å². The summed E-state index contributed by atoms with van der Waals surface area (Å²) in [5.74, 6) is 1.50. The number of hydrogen-bond acceptors (Lipinski definition) is 5. The van der Waals surface area contributed by atoms with Crippen LogP contribution >= 0.6 is 23.4 Å². The molecule has 2 rings (SSSR count). The average Bonchev–Trinajstić information content (AvgIpc) is 2.45. The Morgan fingerprint density at radius 2 is 2.40 bits per heavy atom. The number of fused-ring (bicyclic) bond motifs is 1. The molecule has 0 saturated heterocycles. The molecule has 0 unspecified atom stereocenters. The first kappa shape index (κ1) is 15.4. The number of nitrogens with zero attached hydrogens (tertiary/aromatic N) is 1. The maximum Gasteiger partial charge on any atom is 0.189 e. The highest BCUT2D eigenvalue weighted by Crippen LogP contribution is 2.33. The van der Waals surface area contributed by atoms with E-state index in [2.05, 4.69) is 4.99 Å². The summed E-state index contributed by atoms with van der Waals surface area (Å²) >= 11 is 7.56. The van der Waals surface area contributed by atoms with E-state index in [-0.39, 0.29) is 6.79 Å². The fourth-order valence-electron chi connectivity index (χ4n) is 1.81. The first-order chi connectivity index (χ1) is 9.70. The van der Waals surface area contributed by atoms with Crippen LogP contribution in [-0.4, -0.2) is 32.2 Å². The largest absolute Gasteiger partial charge is 0.467 e. The van der Waals surface area contributed by atoms with Crippen LogP contribution in [0.1, 0.15) is 11.1 Å². The fraction of sp³-hybridized carbons (Fsp3) is 0.462. The molecule has 5 nitrogen and oxygen atoms in total. The second kappa shape index (κ2) is 7.73. The predicted octanol–water partition coefficient (Wildman–Crippen LogP) is 2.40. The smallest absolute Gasteiger partial charge is 0.189 e. The SMILES string of the molecule is COCCN=C(N)SCc1cc(Cl)cc2c1OCOC2. The zero-order valence-electron chi connectivity index (χ0n) is 11.2. The van der Waals surface area contributed by atoms with Gasteiger partial charge in [0.05, 0.1) is 19.8 Å². The van der Waals surface area contributed by atoms with Crippen LogP contribution in [0.25, 0.3) is 0 Å². The van der Waals surface area contributed by atoms with Crippen molar-refractivity contribution in [2.75, 3.05) is 27.1 Å². The van der Waals surface area contributed by atoms with Crippen molar-refractivity contribution in [2.24, 2.45) is 10.7 Å². The number of hydrogen-bond donors (Lipinski definition) is 1. The molecule has 0 amide bonds. The Balaban J connectivity index is 2.02. The number of methoxy groups -OCH3 is 1. The lowest BCUT2D eigenvalue weighted by atomic mass is 10.1. The number of halogens is 1. The summed E-state index contributed by atoms with van der Waals surface area (Å²) in [6, 6.07) is 3.75. The molecular formula is C13H17ClN2O3S. The van der Waals surface area contributed by atoms with E-state index in [1.165, 1.54) is 11.8 Å². The summed E-state index contributed by atoms with van der Waals surface area (Å²) in [5, 5.41) is 1.20. The number of aliphatic imine (C=N–C) groups is 1. The Morgan fingerprint density at radius 3 is 3.20 bits per heavy atom. The lowest BCUT2D eigenvalue weighted by Crippen LogP contribution is -2.14. The van der Waals surface area contributed by atoms with E-state index >= 15 is 0 Å². The van der Waals surface area contributed by atoms with E-state index in [0.29, 0.717) is 35.7 Å². The van der Waals surface area contributed by atoms with Gasteiger partial charge in [0.25, 0.3) is 0 Å². The second-order valence-corrected chi connectivity index (χ2v) is 5.60. The molecule has 0 spiro atoms. The molecule has 2 N–H and O–H groups in total. The first-order valence-corrected chi connectivity index (χ1v) is 7.50. The van der Waals surface area contributed by atoms with Crippen LogP contribution in [0.4, 0.5) is 0 Å². The number of ether oxygens (including phenoxy) is 3. The fourth-order valence-corrected chi connectivity index (χ4v) is 2.77. The molecule has 20 heavy (non-hydrogen) atoms. The topological polar surface area (TPSA) is 66.1 Å².